The lowest BCUT2D eigenvalue weighted by molar-refractivity contribution is -0.887. The number of esters is 2. The van der Waals surface area contributed by atoms with Crippen LogP contribution in [0.2, 0.25) is 0 Å². The Morgan fingerprint density at radius 1 is 0.566 bits per heavy atom. The lowest BCUT2D eigenvalue weighted by Gasteiger charge is -2.31. The number of carboxylic acids is 1. The first kappa shape index (κ1) is 50.0. The van der Waals surface area contributed by atoms with Gasteiger partial charge in [0.1, 0.15) is 6.61 Å². The van der Waals surface area contributed by atoms with Gasteiger partial charge in [-0.3, -0.25) is 9.59 Å². The second-order valence-corrected chi connectivity index (χ2v) is 14.8. The zero-order valence-corrected chi connectivity index (χ0v) is 34.4. The predicted molar refractivity (Wildman–Crippen MR) is 220 cm³/mol. The van der Waals surface area contributed by atoms with Gasteiger partial charge in [-0.15, -0.1) is 0 Å². The molecule has 0 radical (unpaired) electrons. The molecule has 2 unspecified atom stereocenters. The van der Waals surface area contributed by atoms with E-state index in [1.165, 1.54) is 51.4 Å². The molecular formula is C45H78NO7+. The maximum absolute atomic E-state index is 12.6. The van der Waals surface area contributed by atoms with Gasteiger partial charge in [-0.1, -0.05) is 126 Å². The summed E-state index contributed by atoms with van der Waals surface area (Å²) >= 11 is 0. The average molecular weight is 745 g/mol. The third kappa shape index (κ3) is 34.5. The van der Waals surface area contributed by atoms with Crippen molar-refractivity contribution in [2.24, 2.45) is 0 Å². The molecule has 0 rings (SSSR count). The summed E-state index contributed by atoms with van der Waals surface area (Å²) in [7, 11) is 5.50. The van der Waals surface area contributed by atoms with Crippen molar-refractivity contribution in [1.82, 2.24) is 0 Å². The monoisotopic (exact) mass is 745 g/mol. The molecular weight excluding hydrogens is 666 g/mol. The number of hydrogen-bond donors (Lipinski definition) is 1. The molecule has 0 aromatic heterocycles. The highest BCUT2D eigenvalue weighted by atomic mass is 16.6. The smallest absolute Gasteiger partial charge is 0.362 e. The molecule has 8 heteroatoms. The normalized spacial score (nSPS) is 13.6. The molecule has 0 saturated heterocycles. The van der Waals surface area contributed by atoms with E-state index >= 15 is 0 Å². The van der Waals surface area contributed by atoms with Crippen LogP contribution in [0.4, 0.5) is 0 Å². The molecule has 0 heterocycles. The molecule has 0 bridgehead atoms. The maximum atomic E-state index is 12.6. The predicted octanol–water partition coefficient (Wildman–Crippen LogP) is 11.0. The first-order valence-electron chi connectivity index (χ1n) is 20.8. The first-order valence-corrected chi connectivity index (χ1v) is 20.8. The Labute approximate surface area is 324 Å². The number of carbonyl (C=O) groups excluding carboxylic acids is 2. The van der Waals surface area contributed by atoms with Crippen molar-refractivity contribution in [3.05, 3.63) is 60.8 Å². The second-order valence-electron chi connectivity index (χ2n) is 14.8. The fourth-order valence-electron chi connectivity index (χ4n) is 5.73. The van der Waals surface area contributed by atoms with Crippen LogP contribution in [0.5, 0.6) is 0 Å². The van der Waals surface area contributed by atoms with E-state index < -0.39 is 18.1 Å². The fraction of sp³-hybridized carbons (Fsp3) is 0.711. The number of carbonyl (C=O) groups is 3. The van der Waals surface area contributed by atoms with Crippen LogP contribution in [0.1, 0.15) is 155 Å². The minimum Gasteiger partial charge on any atom is -0.477 e. The van der Waals surface area contributed by atoms with Crippen molar-refractivity contribution in [2.45, 2.75) is 167 Å². The highest BCUT2D eigenvalue weighted by Crippen LogP contribution is 2.14. The summed E-state index contributed by atoms with van der Waals surface area (Å²) in [6, 6.07) is -0.621. The van der Waals surface area contributed by atoms with Crippen molar-refractivity contribution in [1.29, 1.82) is 0 Å². The molecule has 0 aromatic rings. The second kappa shape index (κ2) is 36.0. The van der Waals surface area contributed by atoms with Gasteiger partial charge in [0.25, 0.3) is 0 Å². The molecule has 0 aromatic carbocycles. The van der Waals surface area contributed by atoms with Crippen LogP contribution in [-0.2, 0) is 28.6 Å². The lowest BCUT2D eigenvalue weighted by atomic mass is 10.1. The number of carboxylic acid groups (broad SMARTS) is 1. The minimum atomic E-state index is -0.884. The number of quaternary nitrogens is 1. The van der Waals surface area contributed by atoms with Crippen LogP contribution in [0.3, 0.4) is 0 Å². The first-order chi connectivity index (χ1) is 25.6. The zero-order valence-electron chi connectivity index (χ0n) is 34.4. The minimum absolute atomic E-state index is 0.0447. The Kier molecular flexibility index (Phi) is 34.0. The quantitative estimate of drug-likeness (QED) is 0.0295. The number of rotatable bonds is 36. The van der Waals surface area contributed by atoms with Crippen molar-refractivity contribution >= 4 is 17.9 Å². The highest BCUT2D eigenvalue weighted by molar-refractivity contribution is 5.72. The molecule has 1 N–H and O–H groups in total. The van der Waals surface area contributed by atoms with Gasteiger partial charge in [-0.05, 0) is 70.6 Å². The fourth-order valence-corrected chi connectivity index (χ4v) is 5.73. The standard InChI is InChI=1S/C45H77NO7/c1-6-8-10-12-14-16-17-18-19-20-21-22-23-24-25-26-28-29-31-33-35-43(47)52-40-41(39-51-38-37-42(45(49)50)46(3,4)5)53-44(48)36-34-32-30-27-15-13-11-9-7-2/h8-11,14-16,18-19,27,41-42H,6-7,12-13,17,20-26,28-40H2,1-5H3/p+1/b10-8+,11-9+,16-14+,19-18+,27-15+. The molecule has 53 heavy (non-hydrogen) atoms. The summed E-state index contributed by atoms with van der Waals surface area (Å²) < 4.78 is 17.2. The molecule has 2 atom stereocenters. The van der Waals surface area contributed by atoms with Gasteiger partial charge in [-0.2, -0.15) is 0 Å². The van der Waals surface area contributed by atoms with Gasteiger partial charge < -0.3 is 23.8 Å². The Hall–Kier alpha value is -2.97. The van der Waals surface area contributed by atoms with Gasteiger partial charge in [0.2, 0.25) is 0 Å². The molecule has 0 saturated carbocycles. The summed E-state index contributed by atoms with van der Waals surface area (Å²) in [4.78, 5) is 36.8. The van der Waals surface area contributed by atoms with Crippen LogP contribution < -0.4 is 0 Å². The maximum Gasteiger partial charge on any atom is 0.362 e. The van der Waals surface area contributed by atoms with Crippen LogP contribution in [0, 0.1) is 0 Å². The molecule has 8 nitrogen and oxygen atoms in total. The summed E-state index contributed by atoms with van der Waals surface area (Å²) in [5, 5.41) is 9.59. The van der Waals surface area contributed by atoms with Crippen molar-refractivity contribution in [3.8, 4) is 0 Å². The van der Waals surface area contributed by atoms with Gasteiger partial charge in [-0.25, -0.2) is 4.79 Å². The van der Waals surface area contributed by atoms with E-state index in [1.54, 1.807) is 0 Å². The molecule has 0 spiro atoms. The lowest BCUT2D eigenvalue weighted by Crippen LogP contribution is -2.50. The average Bonchev–Trinajstić information content (AvgIpc) is 3.11. The van der Waals surface area contributed by atoms with E-state index in [2.05, 4.69) is 74.6 Å². The molecule has 0 amide bonds. The van der Waals surface area contributed by atoms with Crippen molar-refractivity contribution in [3.63, 3.8) is 0 Å². The van der Waals surface area contributed by atoms with Gasteiger partial charge in [0.05, 0.1) is 34.4 Å². The third-order valence-electron chi connectivity index (χ3n) is 8.91. The Balaban J connectivity index is 4.27. The van der Waals surface area contributed by atoms with Crippen LogP contribution >= 0.6 is 0 Å². The van der Waals surface area contributed by atoms with Crippen LogP contribution in [0.25, 0.3) is 0 Å². The topological polar surface area (TPSA) is 99.1 Å². The van der Waals surface area contributed by atoms with Crippen molar-refractivity contribution < 1.29 is 38.2 Å². The molecule has 304 valence electrons. The zero-order chi connectivity index (χ0) is 39.3. The van der Waals surface area contributed by atoms with E-state index in [-0.39, 0.29) is 42.7 Å². The molecule has 0 aliphatic heterocycles. The number of ether oxygens (including phenoxy) is 3. The third-order valence-corrected chi connectivity index (χ3v) is 8.91. The summed E-state index contributed by atoms with van der Waals surface area (Å²) in [6.45, 7) is 4.44. The number of allylic oxidation sites excluding steroid dienone is 10. The summed E-state index contributed by atoms with van der Waals surface area (Å²) in [5.74, 6) is -1.53. The number of nitrogens with zero attached hydrogens (tertiary/aromatic N) is 1. The van der Waals surface area contributed by atoms with Gasteiger partial charge >= 0.3 is 17.9 Å². The molecule has 0 aliphatic carbocycles. The SMILES string of the molecule is CC/C=C/C/C=C/C/C=C/CCCCCCCCCCCCC(=O)OCC(COCCC(C(=O)O)[N+](C)(C)C)OC(=O)CCCC/C=C/C/C=C/CC. The number of aliphatic carboxylic acids is 1. The van der Waals surface area contributed by atoms with E-state index in [4.69, 9.17) is 14.2 Å². The van der Waals surface area contributed by atoms with E-state index in [1.807, 2.05) is 21.1 Å². The number of likely N-dealkylation sites (N-methyl/N-ethyl adjacent to an activating group) is 1. The Morgan fingerprint density at radius 3 is 1.51 bits per heavy atom. The number of hydrogen-bond acceptors (Lipinski definition) is 6. The van der Waals surface area contributed by atoms with Gasteiger partial charge in [0.15, 0.2) is 12.1 Å². The van der Waals surface area contributed by atoms with Crippen LogP contribution in [0.15, 0.2) is 60.8 Å². The van der Waals surface area contributed by atoms with E-state index in [0.717, 1.165) is 64.2 Å². The van der Waals surface area contributed by atoms with Crippen molar-refractivity contribution in [2.75, 3.05) is 41.0 Å². The Bertz CT molecular complexity index is 1050. The highest BCUT2D eigenvalue weighted by Gasteiger charge is 2.31. The molecule has 0 aliphatic rings. The Morgan fingerprint density at radius 2 is 1.00 bits per heavy atom. The largest absolute Gasteiger partial charge is 0.477 e. The van der Waals surface area contributed by atoms with Gasteiger partial charge in [0, 0.05) is 19.3 Å². The summed E-state index contributed by atoms with van der Waals surface area (Å²) in [6.07, 6.45) is 42.8. The van der Waals surface area contributed by atoms with E-state index in [9.17, 15) is 19.5 Å². The van der Waals surface area contributed by atoms with Crippen LogP contribution in [-0.4, -0.2) is 80.6 Å². The van der Waals surface area contributed by atoms with E-state index in [0.29, 0.717) is 19.3 Å². The molecule has 0 fully saturated rings. The number of unbranched alkanes of at least 4 members (excludes halogenated alkanes) is 12. The summed E-state index contributed by atoms with van der Waals surface area (Å²) in [5.41, 5.74) is 0.